The molecule has 0 bridgehead atoms. The lowest BCUT2D eigenvalue weighted by Gasteiger charge is -1.98. The van der Waals surface area contributed by atoms with E-state index in [9.17, 15) is 0 Å². The molecule has 1 aromatic carbocycles. The molecule has 1 aromatic heterocycles. The molecule has 88 valence electrons. The average Bonchev–Trinajstić information content (AvgIpc) is 2.76. The summed E-state index contributed by atoms with van der Waals surface area (Å²) < 4.78 is 0. The van der Waals surface area contributed by atoms with Crippen molar-refractivity contribution in [2.24, 2.45) is 4.99 Å². The van der Waals surface area contributed by atoms with Gasteiger partial charge in [-0.1, -0.05) is 11.8 Å². The monoisotopic (exact) mass is 269 g/mol. The van der Waals surface area contributed by atoms with Crippen molar-refractivity contribution < 1.29 is 0 Å². The van der Waals surface area contributed by atoms with E-state index in [1.807, 2.05) is 31.2 Å². The van der Waals surface area contributed by atoms with Crippen molar-refractivity contribution in [2.75, 3.05) is 0 Å². The molecule has 18 heavy (non-hydrogen) atoms. The number of hydrogen-bond acceptors (Lipinski definition) is 3. The van der Waals surface area contributed by atoms with Crippen LogP contribution in [0.5, 0.6) is 0 Å². The van der Waals surface area contributed by atoms with Gasteiger partial charge < -0.3 is 0 Å². The molecule has 0 aliphatic heterocycles. The smallest absolute Gasteiger partial charge is 0.0775 e. The minimum Gasteiger partial charge on any atom is -0.194 e. The van der Waals surface area contributed by atoms with Gasteiger partial charge in [-0.2, -0.15) is 4.99 Å². The fourth-order valence-corrected chi connectivity index (χ4v) is 2.36. The number of isothiocyanates is 1. The molecular formula is C15H11NS2. The van der Waals surface area contributed by atoms with E-state index in [0.717, 1.165) is 21.7 Å². The zero-order chi connectivity index (χ0) is 13.0. The van der Waals surface area contributed by atoms with E-state index in [2.05, 4.69) is 47.2 Å². The van der Waals surface area contributed by atoms with Gasteiger partial charge in [0.25, 0.3) is 0 Å². The summed E-state index contributed by atoms with van der Waals surface area (Å²) in [5.74, 6) is 6.32. The SMILES string of the molecule is Cc1ccc(C#Cc2ccc(N=C=S)c(C)c2)s1. The third-order valence-electron chi connectivity index (χ3n) is 2.43. The van der Waals surface area contributed by atoms with E-state index in [1.54, 1.807) is 11.3 Å². The third-order valence-corrected chi connectivity index (χ3v) is 3.44. The number of aliphatic imine (C=N–C) groups is 1. The van der Waals surface area contributed by atoms with Crippen molar-refractivity contribution in [3.8, 4) is 11.8 Å². The second-order valence-electron chi connectivity index (χ2n) is 3.86. The molecule has 0 aliphatic carbocycles. The lowest BCUT2D eigenvalue weighted by atomic mass is 10.1. The lowest BCUT2D eigenvalue weighted by Crippen LogP contribution is -1.78. The summed E-state index contributed by atoms with van der Waals surface area (Å²) in [6.07, 6.45) is 0. The van der Waals surface area contributed by atoms with E-state index in [0.29, 0.717) is 0 Å². The number of rotatable bonds is 1. The van der Waals surface area contributed by atoms with Crippen molar-refractivity contribution in [1.29, 1.82) is 0 Å². The summed E-state index contributed by atoms with van der Waals surface area (Å²) >= 11 is 6.31. The molecule has 0 unspecified atom stereocenters. The highest BCUT2D eigenvalue weighted by Crippen LogP contribution is 2.19. The molecule has 0 radical (unpaired) electrons. The number of benzene rings is 1. The molecule has 0 N–H and O–H groups in total. The van der Waals surface area contributed by atoms with Crippen molar-refractivity contribution >= 4 is 34.4 Å². The highest BCUT2D eigenvalue weighted by atomic mass is 32.1. The Morgan fingerprint density at radius 3 is 2.56 bits per heavy atom. The van der Waals surface area contributed by atoms with Crippen LogP contribution < -0.4 is 0 Å². The predicted octanol–water partition coefficient (Wildman–Crippen LogP) is 4.50. The fourth-order valence-electron chi connectivity index (χ4n) is 1.54. The maximum Gasteiger partial charge on any atom is 0.0775 e. The fraction of sp³-hybridized carbons (Fsp3) is 0.133. The first-order valence-corrected chi connectivity index (χ1v) is 6.68. The minimum atomic E-state index is 0.850. The van der Waals surface area contributed by atoms with E-state index in [-0.39, 0.29) is 0 Å². The zero-order valence-corrected chi connectivity index (χ0v) is 11.8. The summed E-state index contributed by atoms with van der Waals surface area (Å²) in [4.78, 5) is 6.36. The van der Waals surface area contributed by atoms with Crippen molar-refractivity contribution in [2.45, 2.75) is 13.8 Å². The van der Waals surface area contributed by atoms with E-state index in [4.69, 9.17) is 0 Å². The van der Waals surface area contributed by atoms with Crippen LogP contribution in [0.15, 0.2) is 35.3 Å². The van der Waals surface area contributed by atoms with Crippen LogP contribution in [-0.4, -0.2) is 5.16 Å². The summed E-state index contributed by atoms with van der Waals surface area (Å²) in [6, 6.07) is 10.0. The molecule has 0 saturated carbocycles. The number of thiophene rings is 1. The maximum atomic E-state index is 4.60. The number of nitrogens with zero attached hydrogens (tertiary/aromatic N) is 1. The predicted molar refractivity (Wildman–Crippen MR) is 80.9 cm³/mol. The second kappa shape index (κ2) is 5.75. The molecular weight excluding hydrogens is 258 g/mol. The molecule has 0 fully saturated rings. The van der Waals surface area contributed by atoms with Crippen molar-refractivity contribution in [1.82, 2.24) is 0 Å². The van der Waals surface area contributed by atoms with Gasteiger partial charge in [-0.15, -0.1) is 11.3 Å². The van der Waals surface area contributed by atoms with Crippen molar-refractivity contribution in [3.05, 3.63) is 51.2 Å². The highest BCUT2D eigenvalue weighted by molar-refractivity contribution is 7.78. The van der Waals surface area contributed by atoms with Crippen LogP contribution in [0.1, 0.15) is 20.9 Å². The molecule has 0 spiro atoms. The molecule has 2 aromatic rings. The number of aryl methyl sites for hydroxylation is 2. The van der Waals surface area contributed by atoms with Gasteiger partial charge in [0.1, 0.15) is 0 Å². The van der Waals surface area contributed by atoms with Gasteiger partial charge in [0.2, 0.25) is 0 Å². The van der Waals surface area contributed by atoms with Crippen LogP contribution in [-0.2, 0) is 0 Å². The van der Waals surface area contributed by atoms with Gasteiger partial charge in [0.15, 0.2) is 0 Å². The molecule has 3 heteroatoms. The Morgan fingerprint density at radius 2 is 1.94 bits per heavy atom. The number of hydrogen-bond donors (Lipinski definition) is 0. The molecule has 2 rings (SSSR count). The first-order valence-electron chi connectivity index (χ1n) is 5.46. The van der Waals surface area contributed by atoms with Gasteiger partial charge in [-0.25, -0.2) is 0 Å². The van der Waals surface area contributed by atoms with Gasteiger partial charge >= 0.3 is 0 Å². The number of thiocarbonyl (C=S) groups is 1. The first-order chi connectivity index (χ1) is 8.69. The van der Waals surface area contributed by atoms with E-state index < -0.39 is 0 Å². The van der Waals surface area contributed by atoms with E-state index in [1.165, 1.54) is 4.88 Å². The van der Waals surface area contributed by atoms with Gasteiger partial charge in [-0.05, 0) is 62.0 Å². The Labute approximate surface area is 116 Å². The molecule has 1 heterocycles. The normalized spacial score (nSPS) is 9.22. The van der Waals surface area contributed by atoms with Gasteiger partial charge in [-0.3, -0.25) is 0 Å². The quantitative estimate of drug-likeness (QED) is 0.422. The highest BCUT2D eigenvalue weighted by Gasteiger charge is 1.96. The Morgan fingerprint density at radius 1 is 1.11 bits per heavy atom. The van der Waals surface area contributed by atoms with Crippen LogP contribution in [0.3, 0.4) is 0 Å². The average molecular weight is 269 g/mol. The largest absolute Gasteiger partial charge is 0.194 e. The van der Waals surface area contributed by atoms with Crippen LogP contribution in [0, 0.1) is 25.7 Å². The summed E-state index contributed by atoms with van der Waals surface area (Å²) in [5, 5.41) is 2.38. The second-order valence-corrected chi connectivity index (χ2v) is 5.34. The molecule has 0 amide bonds. The maximum absolute atomic E-state index is 4.60. The third kappa shape index (κ3) is 3.15. The van der Waals surface area contributed by atoms with Crippen molar-refractivity contribution in [3.63, 3.8) is 0 Å². The molecule has 0 saturated heterocycles. The van der Waals surface area contributed by atoms with Crippen LogP contribution in [0.25, 0.3) is 0 Å². The Kier molecular flexibility index (Phi) is 4.07. The first kappa shape index (κ1) is 12.7. The van der Waals surface area contributed by atoms with Crippen LogP contribution >= 0.6 is 23.6 Å². The summed E-state index contributed by atoms with van der Waals surface area (Å²) in [7, 11) is 0. The Bertz CT molecular complexity index is 680. The van der Waals surface area contributed by atoms with Crippen LogP contribution in [0.2, 0.25) is 0 Å². The van der Waals surface area contributed by atoms with Gasteiger partial charge in [0.05, 0.1) is 15.7 Å². The Balaban J connectivity index is 2.28. The molecule has 1 nitrogen and oxygen atoms in total. The lowest BCUT2D eigenvalue weighted by molar-refractivity contribution is 1.40. The van der Waals surface area contributed by atoms with Crippen LogP contribution in [0.4, 0.5) is 5.69 Å². The zero-order valence-electron chi connectivity index (χ0n) is 10.2. The topological polar surface area (TPSA) is 12.4 Å². The van der Waals surface area contributed by atoms with E-state index >= 15 is 0 Å². The molecule has 0 aliphatic rings. The molecule has 0 atom stereocenters. The Hall–Kier alpha value is -1.72. The summed E-state index contributed by atoms with van der Waals surface area (Å²) in [6.45, 7) is 4.07. The minimum absolute atomic E-state index is 0.850. The van der Waals surface area contributed by atoms with Gasteiger partial charge in [0, 0.05) is 10.4 Å². The summed E-state index contributed by atoms with van der Waals surface area (Å²) in [5.41, 5.74) is 2.89. The standard InChI is InChI=1S/C15H11NS2/c1-11-9-13(5-8-15(11)16-10-17)4-7-14-6-3-12(2)18-14/h3,5-6,8-9H,1-2H3.